The fourth-order valence-corrected chi connectivity index (χ4v) is 1.59. The van der Waals surface area contributed by atoms with E-state index < -0.39 is 0 Å². The Morgan fingerprint density at radius 3 is 2.88 bits per heavy atom. The van der Waals surface area contributed by atoms with Crippen LogP contribution in [0, 0.1) is 6.07 Å². The summed E-state index contributed by atoms with van der Waals surface area (Å²) in [5.74, 6) is -0.230. The normalized spacial score (nSPS) is 18.8. The Hall–Kier alpha value is -1.15. The summed E-state index contributed by atoms with van der Waals surface area (Å²) in [6, 6.07) is 9.69. The molecule has 0 saturated carbocycles. The summed E-state index contributed by atoms with van der Waals surface area (Å²) < 4.78 is 0. The van der Waals surface area contributed by atoms with Gasteiger partial charge in [0, 0.05) is 13.0 Å². The van der Waals surface area contributed by atoms with Crippen LogP contribution in [0.4, 0.5) is 0 Å². The number of nitrogens with one attached hydrogen (secondary N) is 1. The third kappa shape index (κ3) is 3.97. The number of hydrogen-bond acceptors (Lipinski definition) is 2. The predicted octanol–water partition coefficient (Wildman–Crippen LogP) is 1.28. The molecule has 0 aromatic heterocycles. The molecule has 1 aliphatic rings. The molecule has 17 heavy (non-hydrogen) atoms. The molecule has 88 valence electrons. The zero-order valence-corrected chi connectivity index (χ0v) is 12.1. The summed E-state index contributed by atoms with van der Waals surface area (Å²) in [4.78, 5) is 22.6. The SMILES string of the molecule is O=C1CCC([N-]C(=O)c2[c-]cccc2)CN1.[W+2]. The zero-order chi connectivity index (χ0) is 11.4. The van der Waals surface area contributed by atoms with Crippen molar-refractivity contribution in [2.24, 2.45) is 0 Å². The molecule has 0 aliphatic carbocycles. The molecule has 0 bridgehead atoms. The zero-order valence-electron chi connectivity index (χ0n) is 9.18. The molecule has 1 aromatic rings. The monoisotopic (exact) mass is 400 g/mol. The first-order chi connectivity index (χ1) is 7.75. The quantitative estimate of drug-likeness (QED) is 0.761. The number of carbonyl (C=O) groups excluding carboxylic acids is 2. The standard InChI is InChI=1S/C12H13N2O2.W/c15-11-7-6-10(8-13-11)14-12(16)9-4-2-1-3-5-9;/h1-4,10H,6-8H2,(H2,13,14,15,16);/q-1;+2/p-1. The van der Waals surface area contributed by atoms with Gasteiger partial charge in [0.2, 0.25) is 5.91 Å². The van der Waals surface area contributed by atoms with E-state index in [1.165, 1.54) is 0 Å². The minimum absolute atomic E-state index is 0. The van der Waals surface area contributed by atoms with Gasteiger partial charge in [-0.2, -0.15) is 0 Å². The molecule has 1 N–H and O–H groups in total. The Bertz CT molecular complexity index is 385. The first-order valence-corrected chi connectivity index (χ1v) is 5.24. The summed E-state index contributed by atoms with van der Waals surface area (Å²) >= 11 is 0. The van der Waals surface area contributed by atoms with Crippen molar-refractivity contribution in [3.8, 4) is 0 Å². The van der Waals surface area contributed by atoms with E-state index in [9.17, 15) is 9.59 Å². The van der Waals surface area contributed by atoms with E-state index in [0.29, 0.717) is 24.9 Å². The van der Waals surface area contributed by atoms with Crippen LogP contribution in [0.15, 0.2) is 24.3 Å². The van der Waals surface area contributed by atoms with Gasteiger partial charge in [-0.15, -0.1) is 41.9 Å². The minimum Gasteiger partial charge on any atom is -0.690 e. The molecule has 2 rings (SSSR count). The van der Waals surface area contributed by atoms with E-state index in [1.54, 1.807) is 24.3 Å². The van der Waals surface area contributed by atoms with Crippen molar-refractivity contribution in [1.29, 1.82) is 0 Å². The molecule has 0 spiro atoms. The second-order valence-corrected chi connectivity index (χ2v) is 3.71. The van der Waals surface area contributed by atoms with Crippen LogP contribution in [-0.4, -0.2) is 24.4 Å². The summed E-state index contributed by atoms with van der Waals surface area (Å²) in [6.07, 6.45) is 1.09. The van der Waals surface area contributed by atoms with Crippen LogP contribution in [0.2, 0.25) is 0 Å². The number of amides is 2. The molecule has 1 aromatic carbocycles. The topological polar surface area (TPSA) is 60.3 Å². The molecular formula is C12H12N2O2W. The molecule has 4 nitrogen and oxygen atoms in total. The van der Waals surface area contributed by atoms with E-state index >= 15 is 0 Å². The van der Waals surface area contributed by atoms with Crippen LogP contribution in [0.3, 0.4) is 0 Å². The molecule has 2 amide bonds. The van der Waals surface area contributed by atoms with E-state index in [4.69, 9.17) is 0 Å². The Balaban J connectivity index is 0.00000144. The van der Waals surface area contributed by atoms with E-state index in [0.717, 1.165) is 0 Å². The maximum atomic E-state index is 11.7. The molecular weight excluding hydrogens is 388 g/mol. The Kier molecular flexibility index (Phi) is 5.36. The van der Waals surface area contributed by atoms with Gasteiger partial charge in [0.25, 0.3) is 0 Å². The molecule has 1 unspecified atom stereocenters. The summed E-state index contributed by atoms with van der Waals surface area (Å²) in [7, 11) is 0. The van der Waals surface area contributed by atoms with Crippen molar-refractivity contribution >= 4 is 11.8 Å². The van der Waals surface area contributed by atoms with Crippen molar-refractivity contribution in [1.82, 2.24) is 5.32 Å². The van der Waals surface area contributed by atoms with Gasteiger partial charge in [-0.05, 0) is 5.91 Å². The van der Waals surface area contributed by atoms with Crippen LogP contribution >= 0.6 is 0 Å². The summed E-state index contributed by atoms with van der Waals surface area (Å²) in [5.41, 5.74) is 0.472. The Morgan fingerprint density at radius 2 is 2.29 bits per heavy atom. The van der Waals surface area contributed by atoms with Gasteiger partial charge in [0.15, 0.2) is 0 Å². The third-order valence-corrected chi connectivity index (χ3v) is 2.48. The molecule has 1 heterocycles. The molecule has 1 saturated heterocycles. The van der Waals surface area contributed by atoms with Gasteiger partial charge < -0.3 is 15.4 Å². The smallest absolute Gasteiger partial charge is 0.690 e. The number of rotatable bonds is 2. The number of hydrogen-bond donors (Lipinski definition) is 1. The van der Waals surface area contributed by atoms with Gasteiger partial charge in [-0.1, -0.05) is 6.42 Å². The molecule has 5 heteroatoms. The fourth-order valence-electron chi connectivity index (χ4n) is 1.59. The van der Waals surface area contributed by atoms with Crippen LogP contribution in [0.25, 0.3) is 5.32 Å². The number of piperidine rings is 1. The van der Waals surface area contributed by atoms with Crippen molar-refractivity contribution in [3.05, 3.63) is 41.2 Å². The van der Waals surface area contributed by atoms with Gasteiger partial charge in [0.05, 0.1) is 0 Å². The number of nitrogens with zero attached hydrogens (tertiary/aromatic N) is 1. The Morgan fingerprint density at radius 1 is 1.47 bits per heavy atom. The number of benzene rings is 1. The summed E-state index contributed by atoms with van der Waals surface area (Å²) in [6.45, 7) is 0.456. The second-order valence-electron chi connectivity index (χ2n) is 3.71. The van der Waals surface area contributed by atoms with Crippen molar-refractivity contribution < 1.29 is 30.7 Å². The maximum absolute atomic E-state index is 11.7. The Labute approximate surface area is 114 Å². The first-order valence-electron chi connectivity index (χ1n) is 5.24. The van der Waals surface area contributed by atoms with Gasteiger partial charge in [0.1, 0.15) is 0 Å². The molecule has 0 radical (unpaired) electrons. The fraction of sp³-hybridized carbons (Fsp3) is 0.333. The van der Waals surface area contributed by atoms with Crippen molar-refractivity contribution in [2.75, 3.05) is 6.54 Å². The van der Waals surface area contributed by atoms with Crippen LogP contribution < -0.4 is 5.32 Å². The van der Waals surface area contributed by atoms with Gasteiger partial charge >= 0.3 is 21.1 Å². The van der Waals surface area contributed by atoms with E-state index in [-0.39, 0.29) is 38.9 Å². The molecule has 1 atom stereocenters. The third-order valence-electron chi connectivity index (χ3n) is 2.48. The van der Waals surface area contributed by atoms with Crippen LogP contribution in [0.5, 0.6) is 0 Å². The predicted molar refractivity (Wildman–Crippen MR) is 59.0 cm³/mol. The van der Waals surface area contributed by atoms with Gasteiger partial charge in [-0.25, -0.2) is 0 Å². The van der Waals surface area contributed by atoms with Crippen molar-refractivity contribution in [3.63, 3.8) is 0 Å². The first kappa shape index (κ1) is 13.9. The average molecular weight is 400 g/mol. The maximum Gasteiger partial charge on any atom is 2.00 e. The van der Waals surface area contributed by atoms with Crippen molar-refractivity contribution in [2.45, 2.75) is 18.9 Å². The molecule has 1 fully saturated rings. The van der Waals surface area contributed by atoms with E-state index in [1.807, 2.05) is 0 Å². The largest absolute Gasteiger partial charge is 2.00 e. The van der Waals surface area contributed by atoms with Crippen LogP contribution in [0.1, 0.15) is 23.2 Å². The molecule has 1 aliphatic heterocycles. The minimum atomic E-state index is -0.262. The number of carbonyl (C=O) groups is 2. The second kappa shape index (κ2) is 6.55. The van der Waals surface area contributed by atoms with Crippen LogP contribution in [-0.2, 0) is 25.9 Å². The average Bonchev–Trinajstić information content (AvgIpc) is 2.33. The van der Waals surface area contributed by atoms with E-state index in [2.05, 4.69) is 16.7 Å². The summed E-state index contributed by atoms with van der Waals surface area (Å²) in [5, 5.41) is 6.75. The van der Waals surface area contributed by atoms with Gasteiger partial charge in [-0.3, -0.25) is 4.79 Å².